The van der Waals surface area contributed by atoms with Gasteiger partial charge < -0.3 is 19.5 Å². The first-order chi connectivity index (χ1) is 14.6. The van der Waals surface area contributed by atoms with Gasteiger partial charge in [-0.15, -0.1) is 10.2 Å². The van der Waals surface area contributed by atoms with Crippen LogP contribution in [0, 0.1) is 0 Å². The molecule has 2 aromatic carbocycles. The van der Waals surface area contributed by atoms with Crippen molar-refractivity contribution >= 4 is 11.6 Å². The number of rotatable bonds is 10. The number of hydrogen-bond donors (Lipinski definition) is 1. The molecule has 9 nitrogen and oxygen atoms in total. The number of methoxy groups -OCH3 is 2. The van der Waals surface area contributed by atoms with Crippen molar-refractivity contribution < 1.29 is 19.0 Å². The van der Waals surface area contributed by atoms with Crippen molar-refractivity contribution in [2.24, 2.45) is 0 Å². The number of carbonyl (C=O) groups excluding carboxylic acids is 1. The third-order valence-corrected chi connectivity index (χ3v) is 4.30. The first kappa shape index (κ1) is 21.1. The van der Waals surface area contributed by atoms with Gasteiger partial charge in [0, 0.05) is 11.6 Å². The second kappa shape index (κ2) is 10.2. The summed E-state index contributed by atoms with van der Waals surface area (Å²) in [5.74, 6) is 2.05. The minimum Gasteiger partial charge on any atom is -0.497 e. The van der Waals surface area contributed by atoms with Crippen LogP contribution in [0.2, 0.25) is 0 Å². The summed E-state index contributed by atoms with van der Waals surface area (Å²) in [5.41, 5.74) is 1.29. The van der Waals surface area contributed by atoms with Gasteiger partial charge in [-0.1, -0.05) is 13.3 Å². The summed E-state index contributed by atoms with van der Waals surface area (Å²) in [6.45, 7) is 2.72. The number of hydrogen-bond acceptors (Lipinski definition) is 7. The minimum atomic E-state index is -0.315. The Kier molecular flexibility index (Phi) is 7.20. The van der Waals surface area contributed by atoms with Crippen molar-refractivity contribution in [3.8, 4) is 28.6 Å². The number of ether oxygens (including phenoxy) is 3. The van der Waals surface area contributed by atoms with E-state index in [2.05, 4.69) is 27.7 Å². The first-order valence-electron chi connectivity index (χ1n) is 9.66. The summed E-state index contributed by atoms with van der Waals surface area (Å²) in [6.07, 6.45) is 2.10. The molecule has 3 rings (SSSR count). The molecular formula is C21H25N5O4. The fraction of sp³-hybridized carbons (Fsp3) is 0.333. The molecule has 1 amide bonds. The third-order valence-electron chi connectivity index (χ3n) is 4.30. The molecule has 30 heavy (non-hydrogen) atoms. The summed E-state index contributed by atoms with van der Waals surface area (Å²) in [6, 6.07) is 12.6. The van der Waals surface area contributed by atoms with Gasteiger partial charge in [0.25, 0.3) is 0 Å². The Hall–Kier alpha value is -3.62. The van der Waals surface area contributed by atoms with Gasteiger partial charge in [0.05, 0.1) is 26.5 Å². The maximum atomic E-state index is 12.4. The van der Waals surface area contributed by atoms with Gasteiger partial charge in [-0.05, 0) is 48.0 Å². The molecule has 0 atom stereocenters. The Morgan fingerprint density at radius 1 is 1.07 bits per heavy atom. The average Bonchev–Trinajstić information content (AvgIpc) is 3.22. The zero-order valence-corrected chi connectivity index (χ0v) is 17.3. The molecule has 158 valence electrons. The van der Waals surface area contributed by atoms with Crippen molar-refractivity contribution in [3.05, 3.63) is 42.5 Å². The van der Waals surface area contributed by atoms with E-state index in [9.17, 15) is 4.79 Å². The standard InChI is InChI=1S/C21H25N5O4/c1-4-5-12-30-16-8-6-15(7-9-16)21-23-25-26(24-21)14-20(27)22-18-13-17(28-2)10-11-19(18)29-3/h6-11,13H,4-5,12,14H2,1-3H3,(H,22,27). The maximum Gasteiger partial charge on any atom is 0.248 e. The zero-order valence-electron chi connectivity index (χ0n) is 17.3. The van der Waals surface area contributed by atoms with Crippen LogP contribution in [0.5, 0.6) is 17.2 Å². The van der Waals surface area contributed by atoms with Gasteiger partial charge >= 0.3 is 0 Å². The monoisotopic (exact) mass is 411 g/mol. The normalized spacial score (nSPS) is 10.5. The summed E-state index contributed by atoms with van der Waals surface area (Å²) < 4.78 is 16.1. The Labute approximate surface area is 175 Å². The van der Waals surface area contributed by atoms with Crippen molar-refractivity contribution in [1.82, 2.24) is 20.2 Å². The highest BCUT2D eigenvalue weighted by molar-refractivity contribution is 5.92. The SMILES string of the molecule is CCCCOc1ccc(-c2nnn(CC(=O)Nc3cc(OC)ccc3OC)n2)cc1. The van der Waals surface area contributed by atoms with Crippen molar-refractivity contribution in [3.63, 3.8) is 0 Å². The van der Waals surface area contributed by atoms with Gasteiger partial charge in [0.15, 0.2) is 0 Å². The molecule has 0 spiro atoms. The van der Waals surface area contributed by atoms with Gasteiger partial charge in [-0.25, -0.2) is 0 Å². The van der Waals surface area contributed by atoms with E-state index >= 15 is 0 Å². The van der Waals surface area contributed by atoms with E-state index in [4.69, 9.17) is 14.2 Å². The number of nitrogens with zero attached hydrogens (tertiary/aromatic N) is 4. The second-order valence-electron chi connectivity index (χ2n) is 6.48. The highest BCUT2D eigenvalue weighted by atomic mass is 16.5. The number of unbranched alkanes of at least 4 members (excludes halogenated alkanes) is 1. The van der Waals surface area contributed by atoms with E-state index in [1.54, 1.807) is 25.3 Å². The predicted octanol–water partition coefficient (Wildman–Crippen LogP) is 3.17. The summed E-state index contributed by atoms with van der Waals surface area (Å²) in [4.78, 5) is 13.7. The van der Waals surface area contributed by atoms with Crippen molar-refractivity contribution in [2.75, 3.05) is 26.1 Å². The molecular weight excluding hydrogens is 386 g/mol. The lowest BCUT2D eigenvalue weighted by Crippen LogP contribution is -2.20. The number of nitrogens with one attached hydrogen (secondary N) is 1. The maximum absolute atomic E-state index is 12.4. The summed E-state index contributed by atoms with van der Waals surface area (Å²) >= 11 is 0. The largest absolute Gasteiger partial charge is 0.497 e. The van der Waals surface area contributed by atoms with Crippen LogP contribution < -0.4 is 19.5 Å². The lowest BCUT2D eigenvalue weighted by molar-refractivity contribution is -0.117. The van der Waals surface area contributed by atoms with Crippen LogP contribution >= 0.6 is 0 Å². The van der Waals surface area contributed by atoms with Gasteiger partial charge in [0.1, 0.15) is 23.8 Å². The highest BCUT2D eigenvalue weighted by Gasteiger charge is 2.12. The second-order valence-corrected chi connectivity index (χ2v) is 6.48. The lowest BCUT2D eigenvalue weighted by atomic mass is 10.2. The molecule has 1 heterocycles. The summed E-state index contributed by atoms with van der Waals surface area (Å²) in [7, 11) is 3.08. The van der Waals surface area contributed by atoms with E-state index in [1.165, 1.54) is 11.9 Å². The fourth-order valence-corrected chi connectivity index (χ4v) is 2.69. The van der Waals surface area contributed by atoms with E-state index < -0.39 is 0 Å². The number of benzene rings is 2. The molecule has 0 aliphatic heterocycles. The van der Waals surface area contributed by atoms with E-state index in [0.29, 0.717) is 29.6 Å². The van der Waals surface area contributed by atoms with Gasteiger partial charge in [-0.3, -0.25) is 4.79 Å². The lowest BCUT2D eigenvalue weighted by Gasteiger charge is -2.11. The number of amides is 1. The quantitative estimate of drug-likeness (QED) is 0.511. The van der Waals surface area contributed by atoms with Crippen LogP contribution in [0.25, 0.3) is 11.4 Å². The molecule has 0 saturated heterocycles. The highest BCUT2D eigenvalue weighted by Crippen LogP contribution is 2.28. The predicted molar refractivity (Wildman–Crippen MR) is 112 cm³/mol. The number of tetrazole rings is 1. The van der Waals surface area contributed by atoms with Crippen LogP contribution in [-0.2, 0) is 11.3 Å². The van der Waals surface area contributed by atoms with Gasteiger partial charge in [-0.2, -0.15) is 4.80 Å². The smallest absolute Gasteiger partial charge is 0.248 e. The molecule has 0 unspecified atom stereocenters. The molecule has 3 aromatic rings. The van der Waals surface area contributed by atoms with Crippen molar-refractivity contribution in [2.45, 2.75) is 26.3 Å². The Morgan fingerprint density at radius 2 is 1.83 bits per heavy atom. The molecule has 0 saturated carbocycles. The van der Waals surface area contributed by atoms with Crippen LogP contribution in [0.1, 0.15) is 19.8 Å². The van der Waals surface area contributed by atoms with Crippen LogP contribution in [0.3, 0.4) is 0 Å². The molecule has 0 fully saturated rings. The van der Waals surface area contributed by atoms with Crippen molar-refractivity contribution in [1.29, 1.82) is 0 Å². The topological polar surface area (TPSA) is 100 Å². The third kappa shape index (κ3) is 5.47. The first-order valence-corrected chi connectivity index (χ1v) is 9.66. The number of aromatic nitrogens is 4. The van der Waals surface area contributed by atoms with E-state index in [-0.39, 0.29) is 12.5 Å². The van der Waals surface area contributed by atoms with Crippen LogP contribution in [-0.4, -0.2) is 46.9 Å². The number of anilines is 1. The molecule has 0 aliphatic rings. The molecule has 0 aliphatic carbocycles. The molecule has 0 radical (unpaired) electrons. The van der Waals surface area contributed by atoms with E-state index in [1.807, 2.05) is 24.3 Å². The van der Waals surface area contributed by atoms with E-state index in [0.717, 1.165) is 24.2 Å². The molecule has 1 aromatic heterocycles. The van der Waals surface area contributed by atoms with Gasteiger partial charge in [0.2, 0.25) is 11.7 Å². The average molecular weight is 411 g/mol. The Balaban J connectivity index is 1.62. The molecule has 9 heteroatoms. The fourth-order valence-electron chi connectivity index (χ4n) is 2.69. The minimum absolute atomic E-state index is 0.0917. The Bertz CT molecular complexity index is 972. The molecule has 1 N–H and O–H groups in total. The van der Waals surface area contributed by atoms with Crippen LogP contribution in [0.15, 0.2) is 42.5 Å². The van der Waals surface area contributed by atoms with Crippen LogP contribution in [0.4, 0.5) is 5.69 Å². The molecule has 0 bridgehead atoms. The zero-order chi connectivity index (χ0) is 21.3. The number of carbonyl (C=O) groups is 1. The Morgan fingerprint density at radius 3 is 2.53 bits per heavy atom. The summed E-state index contributed by atoms with van der Waals surface area (Å²) in [5, 5.41) is 15.0.